The second-order valence-corrected chi connectivity index (χ2v) is 4.20. The molecule has 0 saturated heterocycles. The SMILES string of the molecule is N#Cc1cc(Br)c2ccsc2c1. The third-order valence-electron chi connectivity index (χ3n) is 1.65. The van der Waals surface area contributed by atoms with E-state index in [9.17, 15) is 0 Å². The summed E-state index contributed by atoms with van der Waals surface area (Å²) in [6.45, 7) is 0. The third-order valence-corrected chi connectivity index (χ3v) is 3.17. The van der Waals surface area contributed by atoms with Gasteiger partial charge >= 0.3 is 0 Å². The van der Waals surface area contributed by atoms with E-state index < -0.39 is 0 Å². The van der Waals surface area contributed by atoms with Crippen molar-refractivity contribution < 1.29 is 0 Å². The predicted molar refractivity (Wildman–Crippen MR) is 54.2 cm³/mol. The molecule has 58 valence electrons. The Bertz CT molecular complexity index is 467. The zero-order valence-electron chi connectivity index (χ0n) is 6.04. The summed E-state index contributed by atoms with van der Waals surface area (Å²) in [5, 5.41) is 11.9. The molecule has 0 aliphatic carbocycles. The van der Waals surface area contributed by atoms with Crippen molar-refractivity contribution in [3.63, 3.8) is 0 Å². The summed E-state index contributed by atoms with van der Waals surface area (Å²) in [6, 6.07) is 7.92. The number of halogens is 1. The number of hydrogen-bond acceptors (Lipinski definition) is 2. The van der Waals surface area contributed by atoms with Gasteiger partial charge in [-0.2, -0.15) is 5.26 Å². The minimum atomic E-state index is 0.705. The Hall–Kier alpha value is -0.850. The maximum absolute atomic E-state index is 8.69. The molecule has 1 heterocycles. The summed E-state index contributed by atoms with van der Waals surface area (Å²) in [6.07, 6.45) is 0. The van der Waals surface area contributed by atoms with Crippen molar-refractivity contribution in [1.82, 2.24) is 0 Å². The fraction of sp³-hybridized carbons (Fsp3) is 0. The summed E-state index contributed by atoms with van der Waals surface area (Å²) in [5.74, 6) is 0. The molecule has 12 heavy (non-hydrogen) atoms. The lowest BCUT2D eigenvalue weighted by atomic mass is 10.2. The molecule has 1 aromatic heterocycles. The van der Waals surface area contributed by atoms with E-state index in [-0.39, 0.29) is 0 Å². The van der Waals surface area contributed by atoms with E-state index >= 15 is 0 Å². The molecule has 0 N–H and O–H groups in total. The molecule has 0 aliphatic rings. The molecular weight excluding hydrogens is 234 g/mol. The summed E-state index contributed by atoms with van der Waals surface area (Å²) in [4.78, 5) is 0. The van der Waals surface area contributed by atoms with Crippen LogP contribution >= 0.6 is 27.3 Å². The summed E-state index contributed by atoms with van der Waals surface area (Å²) < 4.78 is 2.15. The summed E-state index contributed by atoms with van der Waals surface area (Å²) >= 11 is 5.07. The van der Waals surface area contributed by atoms with E-state index in [1.807, 2.05) is 23.6 Å². The van der Waals surface area contributed by atoms with Crippen LogP contribution in [-0.4, -0.2) is 0 Å². The molecule has 0 unspecified atom stereocenters. The summed E-state index contributed by atoms with van der Waals surface area (Å²) in [5.41, 5.74) is 0.705. The Morgan fingerprint density at radius 1 is 1.42 bits per heavy atom. The third kappa shape index (κ3) is 1.13. The molecule has 1 aromatic carbocycles. The number of nitrogens with zero attached hydrogens (tertiary/aromatic N) is 1. The highest BCUT2D eigenvalue weighted by molar-refractivity contribution is 9.10. The largest absolute Gasteiger partial charge is 0.192 e. The molecule has 2 aromatic rings. The van der Waals surface area contributed by atoms with Crippen LogP contribution in [-0.2, 0) is 0 Å². The molecule has 0 bridgehead atoms. The lowest BCUT2D eigenvalue weighted by Crippen LogP contribution is -1.73. The van der Waals surface area contributed by atoms with E-state index in [1.54, 1.807) is 11.3 Å². The van der Waals surface area contributed by atoms with Gasteiger partial charge in [0.2, 0.25) is 0 Å². The van der Waals surface area contributed by atoms with Crippen LogP contribution in [0.25, 0.3) is 10.1 Å². The van der Waals surface area contributed by atoms with Crippen LogP contribution in [0.15, 0.2) is 28.1 Å². The smallest absolute Gasteiger partial charge is 0.0992 e. The number of nitriles is 1. The maximum atomic E-state index is 8.69. The Morgan fingerprint density at radius 2 is 2.25 bits per heavy atom. The number of rotatable bonds is 0. The van der Waals surface area contributed by atoms with Crippen molar-refractivity contribution in [2.24, 2.45) is 0 Å². The van der Waals surface area contributed by atoms with Crippen molar-refractivity contribution in [3.8, 4) is 6.07 Å². The standard InChI is InChI=1S/C9H4BrNS/c10-8-3-6(5-11)4-9-7(8)1-2-12-9/h1-4H. The second-order valence-electron chi connectivity index (χ2n) is 2.40. The first-order valence-corrected chi connectivity index (χ1v) is 5.05. The Balaban J connectivity index is 2.86. The van der Waals surface area contributed by atoms with Gasteiger partial charge in [0.15, 0.2) is 0 Å². The molecule has 0 aliphatic heterocycles. The topological polar surface area (TPSA) is 23.8 Å². The predicted octanol–water partition coefficient (Wildman–Crippen LogP) is 3.54. The van der Waals surface area contributed by atoms with Gasteiger partial charge in [-0.05, 0) is 23.6 Å². The van der Waals surface area contributed by atoms with Gasteiger partial charge in [-0.25, -0.2) is 0 Å². The van der Waals surface area contributed by atoms with Crippen LogP contribution in [0.5, 0.6) is 0 Å². The number of thiophene rings is 1. The maximum Gasteiger partial charge on any atom is 0.0992 e. The Kier molecular flexibility index (Phi) is 1.87. The van der Waals surface area contributed by atoms with Crippen LogP contribution < -0.4 is 0 Å². The quantitative estimate of drug-likeness (QED) is 0.688. The number of fused-ring (bicyclic) bond motifs is 1. The highest BCUT2D eigenvalue weighted by atomic mass is 79.9. The lowest BCUT2D eigenvalue weighted by Gasteiger charge is -1.94. The van der Waals surface area contributed by atoms with E-state index in [1.165, 1.54) is 5.39 Å². The van der Waals surface area contributed by atoms with Crippen molar-refractivity contribution in [2.45, 2.75) is 0 Å². The zero-order valence-corrected chi connectivity index (χ0v) is 8.45. The van der Waals surface area contributed by atoms with Crippen LogP contribution in [0.4, 0.5) is 0 Å². The van der Waals surface area contributed by atoms with E-state index in [4.69, 9.17) is 5.26 Å². The molecule has 1 nitrogen and oxygen atoms in total. The monoisotopic (exact) mass is 237 g/mol. The van der Waals surface area contributed by atoms with Gasteiger partial charge in [0, 0.05) is 14.6 Å². The highest BCUT2D eigenvalue weighted by Gasteiger charge is 2.01. The minimum Gasteiger partial charge on any atom is -0.192 e. The van der Waals surface area contributed by atoms with Gasteiger partial charge in [0.05, 0.1) is 11.6 Å². The number of benzene rings is 1. The van der Waals surface area contributed by atoms with Crippen LogP contribution in [0.1, 0.15) is 5.56 Å². The highest BCUT2D eigenvalue weighted by Crippen LogP contribution is 2.29. The molecule has 0 saturated carbocycles. The van der Waals surface area contributed by atoms with Gasteiger partial charge in [-0.3, -0.25) is 0 Å². The van der Waals surface area contributed by atoms with Crippen molar-refractivity contribution in [1.29, 1.82) is 5.26 Å². The Labute approximate surface area is 82.4 Å². The average molecular weight is 238 g/mol. The van der Waals surface area contributed by atoms with Gasteiger partial charge < -0.3 is 0 Å². The van der Waals surface area contributed by atoms with Gasteiger partial charge in [-0.1, -0.05) is 15.9 Å². The average Bonchev–Trinajstić information content (AvgIpc) is 2.52. The Morgan fingerprint density at radius 3 is 3.00 bits per heavy atom. The van der Waals surface area contributed by atoms with E-state index in [0.29, 0.717) is 5.56 Å². The number of hydrogen-bond donors (Lipinski definition) is 0. The minimum absolute atomic E-state index is 0.705. The molecule has 0 spiro atoms. The molecule has 0 fully saturated rings. The van der Waals surface area contributed by atoms with Crippen molar-refractivity contribution in [3.05, 3.63) is 33.6 Å². The van der Waals surface area contributed by atoms with Crippen LogP contribution in [0, 0.1) is 11.3 Å². The fourth-order valence-corrected chi connectivity index (χ4v) is 2.67. The molecule has 0 atom stereocenters. The first-order valence-electron chi connectivity index (χ1n) is 3.38. The second kappa shape index (κ2) is 2.89. The fourth-order valence-electron chi connectivity index (χ4n) is 1.09. The van der Waals surface area contributed by atoms with Crippen LogP contribution in [0.3, 0.4) is 0 Å². The van der Waals surface area contributed by atoms with Gasteiger partial charge in [0.1, 0.15) is 0 Å². The molecule has 3 heteroatoms. The summed E-state index contributed by atoms with van der Waals surface area (Å²) in [7, 11) is 0. The van der Waals surface area contributed by atoms with E-state index in [0.717, 1.165) is 9.17 Å². The van der Waals surface area contributed by atoms with Crippen molar-refractivity contribution in [2.75, 3.05) is 0 Å². The first kappa shape index (κ1) is 7.78. The van der Waals surface area contributed by atoms with Crippen molar-refractivity contribution >= 4 is 37.4 Å². The molecule has 2 rings (SSSR count). The van der Waals surface area contributed by atoms with Gasteiger partial charge in [0.25, 0.3) is 0 Å². The zero-order chi connectivity index (χ0) is 8.55. The van der Waals surface area contributed by atoms with Gasteiger partial charge in [-0.15, -0.1) is 11.3 Å². The first-order chi connectivity index (χ1) is 5.81. The molecule has 0 radical (unpaired) electrons. The van der Waals surface area contributed by atoms with E-state index in [2.05, 4.69) is 22.0 Å². The molecular formula is C9H4BrNS. The normalized spacial score (nSPS) is 10.0. The molecule has 0 amide bonds. The van der Waals surface area contributed by atoms with Crippen LogP contribution in [0.2, 0.25) is 0 Å². The lowest BCUT2D eigenvalue weighted by molar-refractivity contribution is 1.49.